The first-order valence-corrected chi connectivity index (χ1v) is 10.3. The van der Waals surface area contributed by atoms with Gasteiger partial charge in [0.25, 0.3) is 0 Å². The van der Waals surface area contributed by atoms with E-state index in [2.05, 4.69) is 20.3 Å². The van der Waals surface area contributed by atoms with Crippen LogP contribution in [0.5, 0.6) is 11.8 Å². The molecule has 0 fully saturated rings. The van der Waals surface area contributed by atoms with E-state index >= 15 is 0 Å². The van der Waals surface area contributed by atoms with Crippen molar-refractivity contribution in [3.8, 4) is 23.1 Å². The molecule has 0 radical (unpaired) electrons. The second-order valence-corrected chi connectivity index (χ2v) is 7.25. The highest BCUT2D eigenvalue weighted by Crippen LogP contribution is 2.19. The molecule has 11 heteroatoms. The number of ether oxygens (including phenoxy) is 1. The molecular weight excluding hydrogens is 410 g/mol. The van der Waals surface area contributed by atoms with E-state index in [1.807, 2.05) is 6.07 Å². The summed E-state index contributed by atoms with van der Waals surface area (Å²) in [5, 5.41) is 2.25. The fourth-order valence-corrected chi connectivity index (χ4v) is 3.05. The zero-order valence-electron chi connectivity index (χ0n) is 16.2. The summed E-state index contributed by atoms with van der Waals surface area (Å²) in [6, 6.07) is 14.2. The fraction of sp³-hybridized carbons (Fsp3) is 0.158. The third-order valence-electron chi connectivity index (χ3n) is 3.56. The number of amides is 2. The first kappa shape index (κ1) is 21.0. The molecule has 0 aliphatic heterocycles. The van der Waals surface area contributed by atoms with Gasteiger partial charge in [0, 0.05) is 5.56 Å². The minimum absolute atomic E-state index is 0.0134. The molecule has 0 saturated heterocycles. The Morgan fingerprint density at radius 1 is 1.03 bits per heavy atom. The highest BCUT2D eigenvalue weighted by atomic mass is 32.2. The van der Waals surface area contributed by atoms with Crippen LogP contribution in [0.4, 0.5) is 10.7 Å². The summed E-state index contributed by atoms with van der Waals surface area (Å²) in [7, 11) is -4.42. The number of hydrogen-bond donors (Lipinski definition) is 2. The number of anilines is 1. The Kier molecular flexibility index (Phi) is 6.42. The van der Waals surface area contributed by atoms with E-state index in [9.17, 15) is 13.2 Å². The average molecular weight is 429 g/mol. The van der Waals surface area contributed by atoms with Crippen LogP contribution in [-0.4, -0.2) is 36.0 Å². The van der Waals surface area contributed by atoms with Gasteiger partial charge in [-0.1, -0.05) is 42.5 Å². The van der Waals surface area contributed by atoms with Crippen molar-refractivity contribution in [1.29, 1.82) is 0 Å². The maximum absolute atomic E-state index is 12.2. The third kappa shape index (κ3) is 5.88. The maximum Gasteiger partial charge on any atom is 0.411 e. The number of hydrogen-bond acceptors (Lipinski definition) is 8. The van der Waals surface area contributed by atoms with Gasteiger partial charge in [0.05, 0.1) is 6.61 Å². The highest BCUT2D eigenvalue weighted by Gasteiger charge is 2.19. The van der Waals surface area contributed by atoms with Crippen LogP contribution in [0.2, 0.25) is 0 Å². The number of aryl methyl sites for hydroxylation is 1. The van der Waals surface area contributed by atoms with Crippen LogP contribution in [0, 0.1) is 6.92 Å². The Labute approximate surface area is 173 Å². The largest absolute Gasteiger partial charge is 0.464 e. The van der Waals surface area contributed by atoms with Gasteiger partial charge in [-0.25, -0.2) is 9.52 Å². The van der Waals surface area contributed by atoms with Crippen LogP contribution in [0.3, 0.4) is 0 Å². The minimum Gasteiger partial charge on any atom is -0.464 e. The van der Waals surface area contributed by atoms with E-state index in [0.29, 0.717) is 12.2 Å². The molecule has 0 bridgehead atoms. The lowest BCUT2D eigenvalue weighted by atomic mass is 10.2. The van der Waals surface area contributed by atoms with Crippen LogP contribution in [0.1, 0.15) is 12.5 Å². The Morgan fingerprint density at radius 3 is 2.50 bits per heavy atom. The number of nitrogens with zero attached hydrogens (tertiary/aromatic N) is 3. The zero-order chi connectivity index (χ0) is 21.6. The molecule has 0 aliphatic carbocycles. The van der Waals surface area contributed by atoms with Crippen LogP contribution >= 0.6 is 0 Å². The number of rotatable bonds is 7. The second-order valence-electron chi connectivity index (χ2n) is 5.97. The molecule has 2 N–H and O–H groups in total. The van der Waals surface area contributed by atoms with E-state index in [4.69, 9.17) is 8.92 Å². The molecule has 1 heterocycles. The van der Waals surface area contributed by atoms with Crippen molar-refractivity contribution in [3.63, 3.8) is 0 Å². The molecular formula is C19H19N5O5S. The van der Waals surface area contributed by atoms with Crippen LogP contribution < -0.4 is 19.0 Å². The van der Waals surface area contributed by atoms with Crippen LogP contribution in [-0.2, 0) is 10.3 Å². The number of benzene rings is 2. The first-order chi connectivity index (χ1) is 14.3. The smallest absolute Gasteiger partial charge is 0.411 e. The lowest BCUT2D eigenvalue weighted by Gasteiger charge is -2.10. The van der Waals surface area contributed by atoms with Crippen LogP contribution in [0.25, 0.3) is 11.4 Å². The molecule has 30 heavy (non-hydrogen) atoms. The van der Waals surface area contributed by atoms with Gasteiger partial charge in [0.15, 0.2) is 5.82 Å². The molecule has 0 saturated carbocycles. The summed E-state index contributed by atoms with van der Waals surface area (Å²) in [5.74, 6) is 0.138. The Balaban J connectivity index is 1.76. The number of nitrogens with one attached hydrogen (secondary N) is 2. The van der Waals surface area contributed by atoms with Gasteiger partial charge in [-0.2, -0.15) is 23.4 Å². The van der Waals surface area contributed by atoms with Crippen molar-refractivity contribution in [2.75, 3.05) is 11.9 Å². The lowest BCUT2D eigenvalue weighted by Crippen LogP contribution is -2.37. The third-order valence-corrected chi connectivity index (χ3v) is 4.41. The van der Waals surface area contributed by atoms with Crippen molar-refractivity contribution in [2.24, 2.45) is 0 Å². The highest BCUT2D eigenvalue weighted by molar-refractivity contribution is 7.85. The second kappa shape index (κ2) is 9.18. The molecule has 156 valence electrons. The van der Waals surface area contributed by atoms with Gasteiger partial charge in [-0.05, 0) is 31.5 Å². The van der Waals surface area contributed by atoms with Gasteiger partial charge >= 0.3 is 22.3 Å². The van der Waals surface area contributed by atoms with Crippen molar-refractivity contribution in [1.82, 2.24) is 19.7 Å². The van der Waals surface area contributed by atoms with E-state index in [1.165, 1.54) is 12.1 Å². The fourth-order valence-electron chi connectivity index (χ4n) is 2.38. The van der Waals surface area contributed by atoms with E-state index < -0.39 is 16.3 Å². The maximum atomic E-state index is 12.2. The Morgan fingerprint density at radius 2 is 1.80 bits per heavy atom. The van der Waals surface area contributed by atoms with Gasteiger partial charge in [0.2, 0.25) is 5.95 Å². The quantitative estimate of drug-likeness (QED) is 0.586. The van der Waals surface area contributed by atoms with Gasteiger partial charge in [-0.15, -0.1) is 0 Å². The topological polar surface area (TPSA) is 132 Å². The van der Waals surface area contributed by atoms with Crippen molar-refractivity contribution in [3.05, 3.63) is 60.2 Å². The molecule has 2 amide bonds. The molecule has 2 aromatic carbocycles. The summed E-state index contributed by atoms with van der Waals surface area (Å²) in [4.78, 5) is 24.5. The van der Waals surface area contributed by atoms with E-state index in [-0.39, 0.29) is 23.5 Å². The predicted molar refractivity (Wildman–Crippen MR) is 109 cm³/mol. The lowest BCUT2D eigenvalue weighted by molar-refractivity contribution is 0.255. The molecule has 0 unspecified atom stereocenters. The first-order valence-electron chi connectivity index (χ1n) is 8.89. The van der Waals surface area contributed by atoms with Crippen molar-refractivity contribution < 1.29 is 22.1 Å². The van der Waals surface area contributed by atoms with E-state index in [1.54, 1.807) is 55.0 Å². The molecule has 0 atom stereocenters. The van der Waals surface area contributed by atoms with Crippen molar-refractivity contribution >= 4 is 22.3 Å². The standard InChI is InChI=1S/C19H19N5O5S/c1-3-28-19-21-16(14-9-5-4-6-10-14)20-17(23-19)22-18(25)24-30(26,27)29-15-11-7-8-13(2)12-15/h4-12H,3H2,1-2H3,(H2,20,21,22,23,24,25). The summed E-state index contributed by atoms with van der Waals surface area (Å²) >= 11 is 0. The zero-order valence-corrected chi connectivity index (χ0v) is 17.0. The molecule has 10 nitrogen and oxygen atoms in total. The SMILES string of the molecule is CCOc1nc(NC(=O)NS(=O)(=O)Oc2cccc(C)c2)nc(-c2ccccc2)n1. The molecule has 0 aliphatic rings. The van der Waals surface area contributed by atoms with Gasteiger partial charge in [-0.3, -0.25) is 5.32 Å². The van der Waals surface area contributed by atoms with Crippen LogP contribution in [0.15, 0.2) is 54.6 Å². The summed E-state index contributed by atoms with van der Waals surface area (Å²) in [5.41, 5.74) is 1.47. The van der Waals surface area contributed by atoms with E-state index in [0.717, 1.165) is 5.56 Å². The Hall–Kier alpha value is -3.73. The van der Waals surface area contributed by atoms with Crippen molar-refractivity contribution in [2.45, 2.75) is 13.8 Å². The summed E-state index contributed by atoms with van der Waals surface area (Å²) in [6.07, 6.45) is 0. The molecule has 3 aromatic rings. The molecule has 0 spiro atoms. The Bertz CT molecular complexity index is 1140. The summed E-state index contributed by atoms with van der Waals surface area (Å²) < 4.78 is 36.1. The predicted octanol–water partition coefficient (Wildman–Crippen LogP) is 2.69. The monoisotopic (exact) mass is 429 g/mol. The van der Waals surface area contributed by atoms with Gasteiger partial charge in [0.1, 0.15) is 5.75 Å². The molecule has 1 aromatic heterocycles. The number of urea groups is 1. The minimum atomic E-state index is -4.42. The number of carbonyl (C=O) groups excluding carboxylic acids is 1. The summed E-state index contributed by atoms with van der Waals surface area (Å²) in [6.45, 7) is 3.82. The average Bonchev–Trinajstić information content (AvgIpc) is 2.67. The van der Waals surface area contributed by atoms with Gasteiger partial charge < -0.3 is 8.92 Å². The number of aromatic nitrogens is 3. The number of carbonyl (C=O) groups is 1. The molecule has 3 rings (SSSR count). The normalized spacial score (nSPS) is 10.9.